The molecule has 0 unspecified atom stereocenters. The summed E-state index contributed by atoms with van der Waals surface area (Å²) in [5, 5.41) is 5.04. The summed E-state index contributed by atoms with van der Waals surface area (Å²) < 4.78 is 1.75. The molecule has 1 amide bonds. The molecule has 0 aromatic carbocycles. The number of unbranched alkanes of at least 4 members (excludes halogenated alkanes) is 1. The molecule has 0 N–H and O–H groups in total. The van der Waals surface area contributed by atoms with Crippen molar-refractivity contribution in [2.75, 3.05) is 12.4 Å². The van der Waals surface area contributed by atoms with Gasteiger partial charge in [-0.05, 0) is 12.8 Å². The minimum Gasteiger partial charge on any atom is -0.341 e. The molecule has 0 saturated carbocycles. The number of carbonyl (C=O) groups is 1. The zero-order chi connectivity index (χ0) is 12.0. The Labute approximate surface area is 105 Å². The minimum atomic E-state index is 0.199. The second-order valence-corrected chi connectivity index (χ2v) is 4.71. The van der Waals surface area contributed by atoms with E-state index in [1.54, 1.807) is 15.8 Å². The maximum Gasteiger partial charge on any atom is 0.222 e. The van der Waals surface area contributed by atoms with Crippen LogP contribution in [0.15, 0.2) is 12.4 Å². The highest BCUT2D eigenvalue weighted by molar-refractivity contribution is 9.09. The van der Waals surface area contributed by atoms with E-state index in [9.17, 15) is 4.79 Å². The smallest absolute Gasteiger partial charge is 0.222 e. The summed E-state index contributed by atoms with van der Waals surface area (Å²) >= 11 is 3.36. The number of hydrogen-bond acceptors (Lipinski definition) is 2. The van der Waals surface area contributed by atoms with Crippen molar-refractivity contribution in [2.45, 2.75) is 25.8 Å². The Bertz CT molecular complexity index is 338. The first-order valence-electron chi connectivity index (χ1n) is 5.41. The van der Waals surface area contributed by atoms with Crippen LogP contribution in [0, 0.1) is 0 Å². The van der Waals surface area contributed by atoms with Crippen molar-refractivity contribution < 1.29 is 4.79 Å². The van der Waals surface area contributed by atoms with Crippen molar-refractivity contribution in [3.63, 3.8) is 0 Å². The number of aromatic nitrogens is 2. The third-order valence-corrected chi connectivity index (χ3v) is 2.94. The molecule has 0 spiro atoms. The SMILES string of the molecule is CN(Cc1cnn(C)c1)C(=O)CCCCBr. The molecule has 1 aromatic rings. The number of rotatable bonds is 6. The van der Waals surface area contributed by atoms with Crippen LogP contribution < -0.4 is 0 Å². The van der Waals surface area contributed by atoms with Crippen LogP contribution in [0.25, 0.3) is 0 Å². The maximum atomic E-state index is 11.7. The summed E-state index contributed by atoms with van der Waals surface area (Å²) in [4.78, 5) is 13.5. The average Bonchev–Trinajstić information content (AvgIpc) is 2.64. The fraction of sp³-hybridized carbons (Fsp3) is 0.636. The standard InChI is InChI=1S/C11H18BrN3O/c1-14(11(16)5-3-4-6-12)8-10-7-13-15(2)9-10/h7,9H,3-6,8H2,1-2H3. The first-order valence-corrected chi connectivity index (χ1v) is 6.53. The molecule has 0 aliphatic rings. The third kappa shape index (κ3) is 4.35. The van der Waals surface area contributed by atoms with Gasteiger partial charge in [-0.1, -0.05) is 15.9 Å². The summed E-state index contributed by atoms with van der Waals surface area (Å²) in [6.07, 6.45) is 6.35. The normalized spacial score (nSPS) is 10.4. The van der Waals surface area contributed by atoms with Crippen LogP contribution in [-0.2, 0) is 18.4 Å². The van der Waals surface area contributed by atoms with Crippen LogP contribution in [0.2, 0.25) is 0 Å². The van der Waals surface area contributed by atoms with Gasteiger partial charge in [0.1, 0.15) is 0 Å². The summed E-state index contributed by atoms with van der Waals surface area (Å²) in [5.41, 5.74) is 1.07. The largest absolute Gasteiger partial charge is 0.341 e. The topological polar surface area (TPSA) is 38.1 Å². The number of nitrogens with zero attached hydrogens (tertiary/aromatic N) is 3. The Balaban J connectivity index is 2.34. The van der Waals surface area contributed by atoms with E-state index in [2.05, 4.69) is 21.0 Å². The first-order chi connectivity index (χ1) is 7.63. The first kappa shape index (κ1) is 13.2. The number of alkyl halides is 1. The van der Waals surface area contributed by atoms with Crippen LogP contribution in [0.3, 0.4) is 0 Å². The second-order valence-electron chi connectivity index (χ2n) is 3.92. The molecule has 1 heterocycles. The van der Waals surface area contributed by atoms with E-state index in [-0.39, 0.29) is 5.91 Å². The highest BCUT2D eigenvalue weighted by Crippen LogP contribution is 2.06. The molecular weight excluding hydrogens is 270 g/mol. The van der Waals surface area contributed by atoms with E-state index in [0.29, 0.717) is 13.0 Å². The quantitative estimate of drug-likeness (QED) is 0.592. The molecular formula is C11H18BrN3O. The molecule has 1 rings (SSSR count). The summed E-state index contributed by atoms with van der Waals surface area (Å²) in [5.74, 6) is 0.199. The number of hydrogen-bond donors (Lipinski definition) is 0. The molecule has 0 aliphatic carbocycles. The van der Waals surface area contributed by atoms with Crippen molar-refractivity contribution in [3.05, 3.63) is 18.0 Å². The summed E-state index contributed by atoms with van der Waals surface area (Å²) in [6.45, 7) is 0.640. The Morgan fingerprint density at radius 3 is 2.88 bits per heavy atom. The predicted octanol–water partition coefficient (Wildman–Crippen LogP) is 1.94. The summed E-state index contributed by atoms with van der Waals surface area (Å²) in [7, 11) is 3.71. The minimum absolute atomic E-state index is 0.199. The van der Waals surface area contributed by atoms with Crippen molar-refractivity contribution in [1.29, 1.82) is 0 Å². The van der Waals surface area contributed by atoms with Gasteiger partial charge in [0.25, 0.3) is 0 Å². The third-order valence-electron chi connectivity index (χ3n) is 2.38. The van der Waals surface area contributed by atoms with E-state index in [4.69, 9.17) is 0 Å². The van der Waals surface area contributed by atoms with Crippen LogP contribution in [0.5, 0.6) is 0 Å². The Kier molecular flexibility index (Phi) is 5.52. The Morgan fingerprint density at radius 2 is 2.31 bits per heavy atom. The highest BCUT2D eigenvalue weighted by atomic mass is 79.9. The van der Waals surface area contributed by atoms with Gasteiger partial charge in [-0.15, -0.1) is 0 Å². The van der Waals surface area contributed by atoms with Crippen LogP contribution in [-0.4, -0.2) is 33.0 Å². The van der Waals surface area contributed by atoms with Gasteiger partial charge < -0.3 is 4.90 Å². The zero-order valence-corrected chi connectivity index (χ0v) is 11.4. The van der Waals surface area contributed by atoms with Gasteiger partial charge >= 0.3 is 0 Å². The molecule has 0 atom stereocenters. The number of carbonyl (C=O) groups excluding carboxylic acids is 1. The Morgan fingerprint density at radius 1 is 1.56 bits per heavy atom. The lowest BCUT2D eigenvalue weighted by Crippen LogP contribution is -2.25. The predicted molar refractivity (Wildman–Crippen MR) is 67.3 cm³/mol. The van der Waals surface area contributed by atoms with Gasteiger partial charge in [0.15, 0.2) is 0 Å². The van der Waals surface area contributed by atoms with Gasteiger partial charge in [0.05, 0.1) is 6.20 Å². The molecule has 0 saturated heterocycles. The van der Waals surface area contributed by atoms with Crippen molar-refractivity contribution >= 4 is 21.8 Å². The fourth-order valence-corrected chi connectivity index (χ4v) is 1.87. The van der Waals surface area contributed by atoms with Gasteiger partial charge in [-0.3, -0.25) is 9.48 Å². The van der Waals surface area contributed by atoms with Crippen LogP contribution in [0.1, 0.15) is 24.8 Å². The van der Waals surface area contributed by atoms with Gasteiger partial charge in [0, 0.05) is 44.2 Å². The fourth-order valence-electron chi connectivity index (χ4n) is 1.48. The van der Waals surface area contributed by atoms with Crippen LogP contribution >= 0.6 is 15.9 Å². The average molecular weight is 288 g/mol. The van der Waals surface area contributed by atoms with E-state index in [1.165, 1.54) is 0 Å². The molecule has 5 heteroatoms. The lowest BCUT2D eigenvalue weighted by Gasteiger charge is -2.15. The van der Waals surface area contributed by atoms with Crippen molar-refractivity contribution in [1.82, 2.24) is 14.7 Å². The highest BCUT2D eigenvalue weighted by Gasteiger charge is 2.09. The molecule has 0 aliphatic heterocycles. The molecule has 0 fully saturated rings. The molecule has 1 aromatic heterocycles. The molecule has 90 valence electrons. The van der Waals surface area contributed by atoms with Gasteiger partial charge in [-0.25, -0.2) is 0 Å². The molecule has 4 nitrogen and oxygen atoms in total. The number of halogens is 1. The van der Waals surface area contributed by atoms with Gasteiger partial charge in [0.2, 0.25) is 5.91 Å². The zero-order valence-electron chi connectivity index (χ0n) is 9.82. The summed E-state index contributed by atoms with van der Waals surface area (Å²) in [6, 6.07) is 0. The van der Waals surface area contributed by atoms with E-state index in [1.807, 2.05) is 20.3 Å². The van der Waals surface area contributed by atoms with E-state index in [0.717, 1.165) is 23.7 Å². The van der Waals surface area contributed by atoms with Crippen LogP contribution in [0.4, 0.5) is 0 Å². The second kappa shape index (κ2) is 6.68. The molecule has 16 heavy (non-hydrogen) atoms. The lowest BCUT2D eigenvalue weighted by molar-refractivity contribution is -0.130. The maximum absolute atomic E-state index is 11.7. The lowest BCUT2D eigenvalue weighted by atomic mass is 10.2. The number of aryl methyl sites for hydroxylation is 1. The Hall–Kier alpha value is -0.840. The van der Waals surface area contributed by atoms with E-state index >= 15 is 0 Å². The van der Waals surface area contributed by atoms with Crippen molar-refractivity contribution in [3.8, 4) is 0 Å². The van der Waals surface area contributed by atoms with Crippen molar-refractivity contribution in [2.24, 2.45) is 7.05 Å². The van der Waals surface area contributed by atoms with E-state index < -0.39 is 0 Å². The molecule has 0 bridgehead atoms. The number of amides is 1. The van der Waals surface area contributed by atoms with Gasteiger partial charge in [-0.2, -0.15) is 5.10 Å². The molecule has 0 radical (unpaired) electrons. The monoisotopic (exact) mass is 287 g/mol.